The van der Waals surface area contributed by atoms with Crippen LogP contribution in [0.2, 0.25) is 0 Å². The molecule has 0 saturated heterocycles. The molecule has 0 saturated carbocycles. The summed E-state index contributed by atoms with van der Waals surface area (Å²) in [7, 11) is 0. The van der Waals surface area contributed by atoms with Crippen LogP contribution >= 0.6 is 0 Å². The highest BCUT2D eigenvalue weighted by Crippen LogP contribution is 2.17. The zero-order valence-corrected chi connectivity index (χ0v) is 9.14. The molecule has 0 aliphatic carbocycles. The summed E-state index contributed by atoms with van der Waals surface area (Å²) in [6.07, 6.45) is 1.43. The number of nitrogens with zero attached hydrogens (tertiary/aromatic N) is 2. The van der Waals surface area contributed by atoms with Gasteiger partial charge in [0.2, 0.25) is 0 Å². The first-order valence-electron chi connectivity index (χ1n) is 4.90. The van der Waals surface area contributed by atoms with Gasteiger partial charge in [-0.1, -0.05) is 0 Å². The Morgan fingerprint density at radius 1 is 1.47 bits per heavy atom. The molecule has 17 heavy (non-hydrogen) atoms. The molecule has 1 aromatic carbocycles. The van der Waals surface area contributed by atoms with Crippen molar-refractivity contribution in [1.82, 2.24) is 9.78 Å². The minimum absolute atomic E-state index is 0.0567. The summed E-state index contributed by atoms with van der Waals surface area (Å²) >= 11 is 0. The van der Waals surface area contributed by atoms with Crippen LogP contribution in [-0.4, -0.2) is 15.7 Å². The number of benzene rings is 1. The SMILES string of the molecule is Cc1cc(F)ccc1-n1cc(C(N)=O)c(N)n1. The van der Waals surface area contributed by atoms with Crippen molar-refractivity contribution >= 4 is 11.7 Å². The topological polar surface area (TPSA) is 86.9 Å². The van der Waals surface area contributed by atoms with Crippen molar-refractivity contribution in [3.8, 4) is 5.69 Å². The summed E-state index contributed by atoms with van der Waals surface area (Å²) in [6, 6.07) is 4.24. The number of carbonyl (C=O) groups excluding carboxylic acids is 1. The van der Waals surface area contributed by atoms with E-state index < -0.39 is 5.91 Å². The van der Waals surface area contributed by atoms with Gasteiger partial charge in [-0.15, -0.1) is 5.10 Å². The van der Waals surface area contributed by atoms with Crippen LogP contribution in [0, 0.1) is 12.7 Å². The normalized spacial score (nSPS) is 10.5. The van der Waals surface area contributed by atoms with Gasteiger partial charge in [0.25, 0.3) is 5.91 Å². The number of halogens is 1. The van der Waals surface area contributed by atoms with Crippen LogP contribution < -0.4 is 11.5 Å². The first kappa shape index (κ1) is 11.1. The second-order valence-electron chi connectivity index (χ2n) is 3.67. The van der Waals surface area contributed by atoms with Crippen molar-refractivity contribution in [1.29, 1.82) is 0 Å². The standard InChI is InChI=1S/C11H11FN4O/c1-6-4-7(12)2-3-9(6)16-5-8(11(14)17)10(13)15-16/h2-5H,1H3,(H2,13,15)(H2,14,17). The Morgan fingerprint density at radius 3 is 2.71 bits per heavy atom. The predicted molar refractivity (Wildman–Crippen MR) is 61.2 cm³/mol. The van der Waals surface area contributed by atoms with Gasteiger partial charge >= 0.3 is 0 Å². The number of anilines is 1. The van der Waals surface area contributed by atoms with E-state index in [-0.39, 0.29) is 17.2 Å². The van der Waals surface area contributed by atoms with Crippen molar-refractivity contribution in [2.75, 3.05) is 5.73 Å². The second kappa shape index (κ2) is 3.89. The predicted octanol–water partition coefficient (Wildman–Crippen LogP) is 1.00. The highest BCUT2D eigenvalue weighted by atomic mass is 19.1. The average Bonchev–Trinajstić information content (AvgIpc) is 2.60. The van der Waals surface area contributed by atoms with E-state index >= 15 is 0 Å². The highest BCUT2D eigenvalue weighted by Gasteiger charge is 2.12. The number of carbonyl (C=O) groups is 1. The van der Waals surface area contributed by atoms with Gasteiger partial charge in [-0.25, -0.2) is 9.07 Å². The average molecular weight is 234 g/mol. The van der Waals surface area contributed by atoms with E-state index in [0.717, 1.165) is 0 Å². The fourth-order valence-electron chi connectivity index (χ4n) is 1.58. The van der Waals surface area contributed by atoms with Crippen LogP contribution in [-0.2, 0) is 0 Å². The maximum atomic E-state index is 12.9. The number of nitrogen functional groups attached to an aromatic ring is 1. The number of hydrogen-bond acceptors (Lipinski definition) is 3. The summed E-state index contributed by atoms with van der Waals surface area (Å²) < 4.78 is 14.4. The van der Waals surface area contributed by atoms with Crippen molar-refractivity contribution in [2.24, 2.45) is 5.73 Å². The van der Waals surface area contributed by atoms with E-state index in [1.807, 2.05) is 0 Å². The van der Waals surface area contributed by atoms with Crippen LogP contribution in [0.1, 0.15) is 15.9 Å². The molecular weight excluding hydrogens is 223 g/mol. The molecule has 0 spiro atoms. The Hall–Kier alpha value is -2.37. The van der Waals surface area contributed by atoms with Gasteiger partial charge in [0, 0.05) is 6.20 Å². The lowest BCUT2D eigenvalue weighted by Gasteiger charge is -2.04. The molecule has 88 valence electrons. The molecule has 0 aliphatic heterocycles. The Bertz CT molecular complexity index is 591. The van der Waals surface area contributed by atoms with Crippen molar-refractivity contribution in [3.05, 3.63) is 41.3 Å². The zero-order valence-electron chi connectivity index (χ0n) is 9.14. The minimum atomic E-state index is -0.645. The quantitative estimate of drug-likeness (QED) is 0.812. The van der Waals surface area contributed by atoms with Gasteiger partial charge < -0.3 is 11.5 Å². The third-order valence-electron chi connectivity index (χ3n) is 2.41. The maximum Gasteiger partial charge on any atom is 0.254 e. The number of hydrogen-bond donors (Lipinski definition) is 2. The van der Waals surface area contributed by atoms with Crippen LogP contribution in [0.3, 0.4) is 0 Å². The molecule has 0 atom stereocenters. The molecule has 5 nitrogen and oxygen atoms in total. The number of rotatable bonds is 2. The molecule has 6 heteroatoms. The third-order valence-corrected chi connectivity index (χ3v) is 2.41. The Labute approximate surface area is 96.8 Å². The number of aryl methyl sites for hydroxylation is 1. The van der Waals surface area contributed by atoms with Crippen molar-refractivity contribution in [3.63, 3.8) is 0 Å². The van der Waals surface area contributed by atoms with E-state index in [1.54, 1.807) is 13.0 Å². The maximum absolute atomic E-state index is 12.9. The first-order valence-corrected chi connectivity index (χ1v) is 4.90. The monoisotopic (exact) mass is 234 g/mol. The minimum Gasteiger partial charge on any atom is -0.382 e. The van der Waals surface area contributed by atoms with E-state index in [4.69, 9.17) is 11.5 Å². The summed E-state index contributed by atoms with van der Waals surface area (Å²) in [5.74, 6) is -0.920. The zero-order chi connectivity index (χ0) is 12.6. The number of amides is 1. The van der Waals surface area contributed by atoms with Crippen LogP contribution in [0.5, 0.6) is 0 Å². The van der Waals surface area contributed by atoms with Gasteiger partial charge in [0.1, 0.15) is 11.4 Å². The summed E-state index contributed by atoms with van der Waals surface area (Å²) in [5.41, 5.74) is 12.2. The highest BCUT2D eigenvalue weighted by molar-refractivity contribution is 5.97. The lowest BCUT2D eigenvalue weighted by molar-refractivity contribution is 0.100. The third kappa shape index (κ3) is 1.96. The fraction of sp³-hybridized carbons (Fsp3) is 0.0909. The number of primary amides is 1. The Morgan fingerprint density at radius 2 is 2.18 bits per heavy atom. The molecular formula is C11H11FN4O. The van der Waals surface area contributed by atoms with E-state index in [1.165, 1.54) is 23.0 Å². The molecule has 2 rings (SSSR count). The summed E-state index contributed by atoms with van der Waals surface area (Å²) in [6.45, 7) is 1.74. The van der Waals surface area contributed by atoms with Gasteiger partial charge in [0.05, 0.1) is 5.69 Å². The Kier molecular flexibility index (Phi) is 2.55. The van der Waals surface area contributed by atoms with Crippen molar-refractivity contribution in [2.45, 2.75) is 6.92 Å². The van der Waals surface area contributed by atoms with Gasteiger partial charge in [-0.05, 0) is 30.7 Å². The van der Waals surface area contributed by atoms with Crippen LogP contribution in [0.4, 0.5) is 10.2 Å². The van der Waals surface area contributed by atoms with Crippen LogP contribution in [0.25, 0.3) is 5.69 Å². The van der Waals surface area contributed by atoms with E-state index in [9.17, 15) is 9.18 Å². The molecule has 1 heterocycles. The molecule has 2 aromatic rings. The molecule has 0 radical (unpaired) electrons. The lowest BCUT2D eigenvalue weighted by Crippen LogP contribution is -2.11. The number of nitrogens with two attached hydrogens (primary N) is 2. The molecule has 4 N–H and O–H groups in total. The molecule has 1 amide bonds. The van der Waals surface area contributed by atoms with E-state index in [2.05, 4.69) is 5.10 Å². The largest absolute Gasteiger partial charge is 0.382 e. The summed E-state index contributed by atoms with van der Waals surface area (Å²) in [4.78, 5) is 11.0. The van der Waals surface area contributed by atoms with Gasteiger partial charge in [0.15, 0.2) is 5.82 Å². The number of aromatic nitrogens is 2. The molecule has 0 unspecified atom stereocenters. The first-order chi connectivity index (χ1) is 7.99. The van der Waals surface area contributed by atoms with Crippen molar-refractivity contribution < 1.29 is 9.18 Å². The molecule has 1 aromatic heterocycles. The lowest BCUT2D eigenvalue weighted by atomic mass is 10.2. The van der Waals surface area contributed by atoms with Crippen LogP contribution in [0.15, 0.2) is 24.4 Å². The molecule has 0 aliphatic rings. The van der Waals surface area contributed by atoms with Gasteiger partial charge in [-0.2, -0.15) is 0 Å². The van der Waals surface area contributed by atoms with E-state index in [0.29, 0.717) is 11.3 Å². The molecule has 0 fully saturated rings. The smallest absolute Gasteiger partial charge is 0.254 e. The second-order valence-corrected chi connectivity index (χ2v) is 3.67. The molecule has 0 bridgehead atoms. The Balaban J connectivity index is 2.53. The summed E-state index contributed by atoms with van der Waals surface area (Å²) in [5, 5.41) is 3.96. The fourth-order valence-corrected chi connectivity index (χ4v) is 1.58. The van der Waals surface area contributed by atoms with Gasteiger partial charge in [-0.3, -0.25) is 4.79 Å².